The van der Waals surface area contributed by atoms with E-state index < -0.39 is 0 Å². The van der Waals surface area contributed by atoms with E-state index in [4.69, 9.17) is 5.73 Å². The zero-order valence-electron chi connectivity index (χ0n) is 13.4. The first-order valence-electron chi connectivity index (χ1n) is 7.96. The van der Waals surface area contributed by atoms with E-state index in [0.29, 0.717) is 6.54 Å². The maximum atomic E-state index is 5.71. The summed E-state index contributed by atoms with van der Waals surface area (Å²) in [5.74, 6) is 0. The average molecular weight is 277 g/mol. The van der Waals surface area contributed by atoms with Crippen molar-refractivity contribution in [1.29, 1.82) is 0 Å². The summed E-state index contributed by atoms with van der Waals surface area (Å²) < 4.78 is 0. The molecule has 0 aromatic heterocycles. The molecule has 0 amide bonds. The van der Waals surface area contributed by atoms with Crippen molar-refractivity contribution >= 4 is 0 Å². The van der Waals surface area contributed by atoms with Gasteiger partial charge in [-0.2, -0.15) is 0 Å². The zero-order valence-corrected chi connectivity index (χ0v) is 13.4. The fourth-order valence-electron chi connectivity index (χ4n) is 2.52. The lowest BCUT2D eigenvalue weighted by molar-refractivity contribution is 0.238. The Morgan fingerprint density at radius 3 is 2.10 bits per heavy atom. The summed E-state index contributed by atoms with van der Waals surface area (Å²) in [6, 6.07) is 8.64. The molecule has 3 heteroatoms. The zero-order chi connectivity index (χ0) is 14.8. The van der Waals surface area contributed by atoms with E-state index in [2.05, 4.69) is 54.8 Å². The Hall–Kier alpha value is -0.900. The van der Waals surface area contributed by atoms with Crippen LogP contribution in [0.15, 0.2) is 24.3 Å². The number of hydrogen-bond acceptors (Lipinski definition) is 3. The largest absolute Gasteiger partial charge is 0.326 e. The van der Waals surface area contributed by atoms with Gasteiger partial charge in [-0.05, 0) is 50.3 Å². The molecule has 0 fully saturated rings. The lowest BCUT2D eigenvalue weighted by atomic mass is 10.1. The standard InChI is InChI=1S/C17H31N3/c1-4-19(5-2)11-8-12-20(6-3)15-17-10-7-9-16(13-17)14-18/h7,9-10,13H,4-6,8,11-12,14-15,18H2,1-3H3. The molecule has 0 heterocycles. The van der Waals surface area contributed by atoms with Crippen LogP contribution < -0.4 is 5.73 Å². The minimum Gasteiger partial charge on any atom is -0.326 e. The van der Waals surface area contributed by atoms with E-state index in [9.17, 15) is 0 Å². The molecule has 0 radical (unpaired) electrons. The second kappa shape index (κ2) is 9.92. The molecule has 2 N–H and O–H groups in total. The molecule has 0 aliphatic heterocycles. The van der Waals surface area contributed by atoms with Crippen LogP contribution in [0.3, 0.4) is 0 Å². The van der Waals surface area contributed by atoms with Crippen LogP contribution in [-0.2, 0) is 13.1 Å². The second-order valence-electron chi connectivity index (χ2n) is 5.27. The Labute approximate surface area is 124 Å². The number of nitrogens with two attached hydrogens (primary N) is 1. The third-order valence-corrected chi connectivity index (χ3v) is 3.92. The first-order chi connectivity index (χ1) is 9.73. The summed E-state index contributed by atoms with van der Waals surface area (Å²) in [6.07, 6.45) is 1.24. The van der Waals surface area contributed by atoms with Crippen molar-refractivity contribution in [3.8, 4) is 0 Å². The van der Waals surface area contributed by atoms with Gasteiger partial charge in [-0.25, -0.2) is 0 Å². The molecule has 0 saturated carbocycles. The summed E-state index contributed by atoms with van der Waals surface area (Å²) >= 11 is 0. The highest BCUT2D eigenvalue weighted by molar-refractivity contribution is 5.23. The fraction of sp³-hybridized carbons (Fsp3) is 0.647. The Kier molecular flexibility index (Phi) is 8.51. The molecule has 0 unspecified atom stereocenters. The topological polar surface area (TPSA) is 32.5 Å². The molecular weight excluding hydrogens is 246 g/mol. The summed E-state index contributed by atoms with van der Waals surface area (Å²) in [6.45, 7) is 14.1. The van der Waals surface area contributed by atoms with E-state index in [-0.39, 0.29) is 0 Å². The number of nitrogens with zero attached hydrogens (tertiary/aromatic N) is 2. The van der Waals surface area contributed by atoms with Gasteiger partial charge in [0.2, 0.25) is 0 Å². The van der Waals surface area contributed by atoms with Crippen molar-refractivity contribution < 1.29 is 0 Å². The molecule has 0 bridgehead atoms. The Morgan fingerprint density at radius 2 is 1.50 bits per heavy atom. The Bertz CT molecular complexity index is 361. The van der Waals surface area contributed by atoms with E-state index in [1.54, 1.807) is 0 Å². The van der Waals surface area contributed by atoms with Crippen LogP contribution in [0.4, 0.5) is 0 Å². The number of hydrogen-bond donors (Lipinski definition) is 1. The molecule has 0 saturated heterocycles. The van der Waals surface area contributed by atoms with Crippen LogP contribution in [0.5, 0.6) is 0 Å². The van der Waals surface area contributed by atoms with E-state index in [1.165, 1.54) is 30.6 Å². The number of rotatable bonds is 10. The molecular formula is C17H31N3. The lowest BCUT2D eigenvalue weighted by Gasteiger charge is -2.23. The quantitative estimate of drug-likeness (QED) is 0.714. The molecule has 1 aromatic rings. The first-order valence-corrected chi connectivity index (χ1v) is 7.96. The van der Waals surface area contributed by atoms with Crippen LogP contribution in [-0.4, -0.2) is 42.5 Å². The van der Waals surface area contributed by atoms with Crippen LogP contribution in [0.1, 0.15) is 38.3 Å². The van der Waals surface area contributed by atoms with Crippen molar-refractivity contribution in [2.45, 2.75) is 40.3 Å². The lowest BCUT2D eigenvalue weighted by Crippen LogP contribution is -2.29. The van der Waals surface area contributed by atoms with Crippen molar-refractivity contribution in [3.05, 3.63) is 35.4 Å². The third-order valence-electron chi connectivity index (χ3n) is 3.92. The fourth-order valence-corrected chi connectivity index (χ4v) is 2.52. The van der Waals surface area contributed by atoms with E-state index in [0.717, 1.165) is 26.2 Å². The van der Waals surface area contributed by atoms with Crippen LogP contribution in [0.2, 0.25) is 0 Å². The van der Waals surface area contributed by atoms with Gasteiger partial charge < -0.3 is 10.6 Å². The molecule has 0 atom stereocenters. The van der Waals surface area contributed by atoms with Crippen molar-refractivity contribution in [3.63, 3.8) is 0 Å². The predicted octanol–water partition coefficient (Wildman–Crippen LogP) is 2.70. The van der Waals surface area contributed by atoms with Gasteiger partial charge in [-0.3, -0.25) is 4.90 Å². The van der Waals surface area contributed by atoms with Gasteiger partial charge in [0.1, 0.15) is 0 Å². The Morgan fingerprint density at radius 1 is 0.900 bits per heavy atom. The summed E-state index contributed by atoms with van der Waals surface area (Å²) in [5.41, 5.74) is 8.30. The monoisotopic (exact) mass is 277 g/mol. The Balaban J connectivity index is 2.42. The normalized spacial score (nSPS) is 11.5. The van der Waals surface area contributed by atoms with Gasteiger partial charge in [-0.1, -0.05) is 45.0 Å². The van der Waals surface area contributed by atoms with Gasteiger partial charge in [0.25, 0.3) is 0 Å². The van der Waals surface area contributed by atoms with Gasteiger partial charge in [0, 0.05) is 13.1 Å². The molecule has 20 heavy (non-hydrogen) atoms. The SMILES string of the molecule is CCN(CC)CCCN(CC)Cc1cccc(CN)c1. The summed E-state index contributed by atoms with van der Waals surface area (Å²) in [4.78, 5) is 5.00. The highest BCUT2D eigenvalue weighted by Gasteiger charge is 2.05. The number of benzene rings is 1. The van der Waals surface area contributed by atoms with Gasteiger partial charge in [0.05, 0.1) is 0 Å². The molecule has 0 spiro atoms. The van der Waals surface area contributed by atoms with Crippen LogP contribution in [0.25, 0.3) is 0 Å². The van der Waals surface area contributed by atoms with Gasteiger partial charge in [0.15, 0.2) is 0 Å². The molecule has 0 aliphatic carbocycles. The molecule has 1 rings (SSSR count). The third kappa shape index (κ3) is 6.04. The maximum Gasteiger partial charge on any atom is 0.0233 e. The molecule has 1 aromatic carbocycles. The smallest absolute Gasteiger partial charge is 0.0233 e. The van der Waals surface area contributed by atoms with E-state index >= 15 is 0 Å². The second-order valence-corrected chi connectivity index (χ2v) is 5.27. The van der Waals surface area contributed by atoms with Crippen LogP contribution >= 0.6 is 0 Å². The van der Waals surface area contributed by atoms with Crippen molar-refractivity contribution in [1.82, 2.24) is 9.80 Å². The summed E-state index contributed by atoms with van der Waals surface area (Å²) in [5, 5.41) is 0. The minimum atomic E-state index is 0.627. The molecule has 114 valence electrons. The first kappa shape index (κ1) is 17.2. The van der Waals surface area contributed by atoms with Crippen LogP contribution in [0, 0.1) is 0 Å². The summed E-state index contributed by atoms with van der Waals surface area (Å²) in [7, 11) is 0. The highest BCUT2D eigenvalue weighted by atomic mass is 15.1. The highest BCUT2D eigenvalue weighted by Crippen LogP contribution is 2.08. The minimum absolute atomic E-state index is 0.627. The van der Waals surface area contributed by atoms with Gasteiger partial charge >= 0.3 is 0 Å². The molecule has 3 nitrogen and oxygen atoms in total. The van der Waals surface area contributed by atoms with Gasteiger partial charge in [-0.15, -0.1) is 0 Å². The van der Waals surface area contributed by atoms with Crippen molar-refractivity contribution in [2.75, 3.05) is 32.7 Å². The van der Waals surface area contributed by atoms with Crippen molar-refractivity contribution in [2.24, 2.45) is 5.73 Å². The predicted molar refractivity (Wildman–Crippen MR) is 87.7 cm³/mol. The maximum absolute atomic E-state index is 5.71. The van der Waals surface area contributed by atoms with E-state index in [1.807, 2.05) is 0 Å². The molecule has 0 aliphatic rings. The average Bonchev–Trinajstić information content (AvgIpc) is 2.50.